The van der Waals surface area contributed by atoms with Crippen molar-refractivity contribution >= 4 is 38.9 Å². The van der Waals surface area contributed by atoms with Crippen LogP contribution in [0.15, 0.2) is 35.4 Å². The Morgan fingerprint density at radius 2 is 2.00 bits per heavy atom. The van der Waals surface area contributed by atoms with Crippen molar-refractivity contribution in [1.82, 2.24) is 10.3 Å². The molecule has 188 valence electrons. The zero-order valence-corrected chi connectivity index (χ0v) is 21.2. The molecule has 1 aromatic heterocycles. The van der Waals surface area contributed by atoms with Gasteiger partial charge < -0.3 is 5.32 Å². The van der Waals surface area contributed by atoms with Crippen LogP contribution in [0.1, 0.15) is 59.4 Å². The molecule has 2 aromatic rings. The molecule has 2 heterocycles. The van der Waals surface area contributed by atoms with Gasteiger partial charge in [-0.15, -0.1) is 0 Å². The Balaban J connectivity index is 1.45. The fourth-order valence-corrected chi connectivity index (χ4v) is 6.29. The number of carbonyl (C=O) groups is 1. The van der Waals surface area contributed by atoms with E-state index in [1.54, 1.807) is 12.1 Å². The average Bonchev–Trinajstić information content (AvgIpc) is 3.50. The van der Waals surface area contributed by atoms with E-state index >= 15 is 0 Å². The molecular formula is C25H27ClN6O3S. The number of amides is 1. The Labute approximate surface area is 215 Å². The number of hydrogen-bond donors (Lipinski definition) is 2. The number of fused-ring (bicyclic) bond motifs is 3. The molecule has 5 rings (SSSR count). The van der Waals surface area contributed by atoms with Gasteiger partial charge in [0.05, 0.1) is 39.5 Å². The maximum atomic E-state index is 12.5. The summed E-state index contributed by atoms with van der Waals surface area (Å²) in [7, 11) is -3.65. The van der Waals surface area contributed by atoms with Crippen LogP contribution < -0.4 is 15.5 Å². The summed E-state index contributed by atoms with van der Waals surface area (Å²) in [6.07, 6.45) is 6.35. The van der Waals surface area contributed by atoms with Crippen molar-refractivity contribution in [1.29, 1.82) is 5.26 Å². The molecule has 11 heteroatoms. The molecule has 3 aliphatic rings. The first-order valence-electron chi connectivity index (χ1n) is 12.1. The predicted molar refractivity (Wildman–Crippen MR) is 137 cm³/mol. The minimum Gasteiger partial charge on any atom is -0.350 e. The number of anilines is 1. The number of nitrogens with two attached hydrogens (primary N) is 1. The van der Waals surface area contributed by atoms with E-state index in [2.05, 4.69) is 21.4 Å². The summed E-state index contributed by atoms with van der Waals surface area (Å²) in [5.41, 5.74) is 4.28. The smallest absolute Gasteiger partial charge is 0.269 e. The molecule has 0 saturated heterocycles. The molecule has 36 heavy (non-hydrogen) atoms. The largest absolute Gasteiger partial charge is 0.350 e. The lowest BCUT2D eigenvalue weighted by molar-refractivity contribution is 0.0951. The SMILES string of the molecule is N#Cc1ccc(N2N=C3c4ccc(C(=O)NCCS(N)(=O)=O)nc4CCC3C2C2CCCC2)cc1Cl. The van der Waals surface area contributed by atoms with Crippen LogP contribution in [0.5, 0.6) is 0 Å². The van der Waals surface area contributed by atoms with Crippen molar-refractivity contribution in [3.8, 4) is 6.07 Å². The maximum absolute atomic E-state index is 12.5. The number of nitrogens with one attached hydrogen (secondary N) is 1. The van der Waals surface area contributed by atoms with E-state index in [4.69, 9.17) is 21.8 Å². The monoisotopic (exact) mass is 526 g/mol. The molecule has 0 spiro atoms. The first kappa shape index (κ1) is 24.7. The molecule has 1 aliphatic heterocycles. The summed E-state index contributed by atoms with van der Waals surface area (Å²) in [5, 5.41) is 24.4. The fraction of sp³-hybridized carbons (Fsp3) is 0.440. The summed E-state index contributed by atoms with van der Waals surface area (Å²) < 4.78 is 22.2. The number of sulfonamides is 1. The highest BCUT2D eigenvalue weighted by Crippen LogP contribution is 2.44. The molecule has 1 aromatic carbocycles. The number of carbonyl (C=O) groups excluding carboxylic acids is 1. The highest BCUT2D eigenvalue weighted by molar-refractivity contribution is 7.89. The van der Waals surface area contributed by atoms with Gasteiger partial charge in [0.1, 0.15) is 11.8 Å². The van der Waals surface area contributed by atoms with E-state index in [-0.39, 0.29) is 30.0 Å². The number of rotatable bonds is 6. The Kier molecular flexibility index (Phi) is 6.72. The van der Waals surface area contributed by atoms with Crippen LogP contribution in [0.2, 0.25) is 5.02 Å². The van der Waals surface area contributed by atoms with Crippen molar-refractivity contribution in [2.75, 3.05) is 17.3 Å². The number of benzene rings is 1. The molecule has 1 amide bonds. The van der Waals surface area contributed by atoms with Crippen LogP contribution in [0.4, 0.5) is 5.69 Å². The second-order valence-corrected chi connectivity index (χ2v) is 11.7. The topological polar surface area (TPSA) is 142 Å². The van der Waals surface area contributed by atoms with Crippen molar-refractivity contribution in [3.05, 3.63) is 57.9 Å². The third-order valence-corrected chi connectivity index (χ3v) is 8.41. The summed E-state index contributed by atoms with van der Waals surface area (Å²) >= 11 is 6.37. The lowest BCUT2D eigenvalue weighted by Crippen LogP contribution is -2.41. The fourth-order valence-electron chi connectivity index (χ4n) is 5.69. The zero-order chi connectivity index (χ0) is 25.4. The lowest BCUT2D eigenvalue weighted by Gasteiger charge is -2.34. The minimum atomic E-state index is -3.65. The van der Waals surface area contributed by atoms with Crippen LogP contribution in [0.3, 0.4) is 0 Å². The van der Waals surface area contributed by atoms with Gasteiger partial charge in [0.15, 0.2) is 0 Å². The number of halogens is 1. The van der Waals surface area contributed by atoms with E-state index in [1.165, 1.54) is 12.8 Å². The average molecular weight is 527 g/mol. The number of nitrogens with zero attached hydrogens (tertiary/aromatic N) is 4. The second kappa shape index (κ2) is 9.81. The Hall–Kier alpha value is -3.00. The van der Waals surface area contributed by atoms with Gasteiger partial charge in [-0.05, 0) is 61.9 Å². The molecule has 2 unspecified atom stereocenters. The van der Waals surface area contributed by atoms with Crippen molar-refractivity contribution in [2.24, 2.45) is 22.1 Å². The van der Waals surface area contributed by atoms with E-state index < -0.39 is 15.9 Å². The number of aryl methyl sites for hydroxylation is 1. The molecule has 0 bridgehead atoms. The van der Waals surface area contributed by atoms with Crippen LogP contribution in [-0.4, -0.2) is 43.4 Å². The number of hydrogen-bond acceptors (Lipinski definition) is 7. The molecule has 2 atom stereocenters. The molecule has 1 saturated carbocycles. The Bertz CT molecular complexity index is 1380. The van der Waals surface area contributed by atoms with Crippen LogP contribution >= 0.6 is 11.6 Å². The number of aromatic nitrogens is 1. The quantitative estimate of drug-likeness (QED) is 0.592. The summed E-state index contributed by atoms with van der Waals surface area (Å²) in [6.45, 7) is -0.0730. The van der Waals surface area contributed by atoms with Gasteiger partial charge in [0, 0.05) is 18.0 Å². The number of primary sulfonamides is 1. The van der Waals surface area contributed by atoms with Gasteiger partial charge in [-0.25, -0.2) is 18.5 Å². The summed E-state index contributed by atoms with van der Waals surface area (Å²) in [5.74, 6) is -0.00941. The van der Waals surface area contributed by atoms with Gasteiger partial charge in [-0.1, -0.05) is 24.4 Å². The van der Waals surface area contributed by atoms with Crippen LogP contribution in [0, 0.1) is 23.2 Å². The molecule has 3 N–H and O–H groups in total. The van der Waals surface area contributed by atoms with Crippen LogP contribution in [0.25, 0.3) is 0 Å². The van der Waals surface area contributed by atoms with Gasteiger partial charge >= 0.3 is 0 Å². The Morgan fingerprint density at radius 3 is 2.69 bits per heavy atom. The number of hydrazone groups is 1. The third-order valence-electron chi connectivity index (χ3n) is 7.33. The van der Waals surface area contributed by atoms with Gasteiger partial charge in [0.25, 0.3) is 5.91 Å². The molecular weight excluding hydrogens is 500 g/mol. The Morgan fingerprint density at radius 1 is 1.22 bits per heavy atom. The lowest BCUT2D eigenvalue weighted by atomic mass is 9.76. The van der Waals surface area contributed by atoms with Crippen molar-refractivity contribution < 1.29 is 13.2 Å². The van der Waals surface area contributed by atoms with E-state index in [1.807, 2.05) is 18.2 Å². The van der Waals surface area contributed by atoms with Gasteiger partial charge in [0.2, 0.25) is 10.0 Å². The van der Waals surface area contributed by atoms with Crippen molar-refractivity contribution in [3.63, 3.8) is 0 Å². The number of nitriles is 1. The summed E-state index contributed by atoms with van der Waals surface area (Å²) in [4.78, 5) is 17.1. The second-order valence-electron chi connectivity index (χ2n) is 9.60. The van der Waals surface area contributed by atoms with E-state index in [9.17, 15) is 18.5 Å². The number of pyridine rings is 1. The van der Waals surface area contributed by atoms with E-state index in [0.717, 1.165) is 48.3 Å². The maximum Gasteiger partial charge on any atom is 0.269 e. The standard InChI is InChI=1S/C25H27ClN6O3S/c26-20-13-17(6-5-16(20)14-27)32-24(15-3-1-2-4-15)19-8-9-21-18(23(19)31-32)7-10-22(30-21)25(33)29-11-12-36(28,34)35/h5-7,10,13,15,19,24H,1-4,8-9,11-12H2,(H,29,33)(H2,28,34,35). The van der Waals surface area contributed by atoms with Crippen LogP contribution in [-0.2, 0) is 16.4 Å². The molecule has 0 radical (unpaired) electrons. The highest BCUT2D eigenvalue weighted by atomic mass is 35.5. The minimum absolute atomic E-state index is 0.0730. The summed E-state index contributed by atoms with van der Waals surface area (Å²) in [6, 6.07) is 11.3. The molecule has 2 aliphatic carbocycles. The van der Waals surface area contributed by atoms with Gasteiger partial charge in [-0.3, -0.25) is 9.80 Å². The first-order chi connectivity index (χ1) is 17.2. The predicted octanol–water partition coefficient (Wildman–Crippen LogP) is 2.97. The van der Waals surface area contributed by atoms with Gasteiger partial charge in [-0.2, -0.15) is 10.4 Å². The zero-order valence-electron chi connectivity index (χ0n) is 19.7. The van der Waals surface area contributed by atoms with E-state index in [0.29, 0.717) is 16.5 Å². The molecule has 9 nitrogen and oxygen atoms in total. The highest BCUT2D eigenvalue weighted by Gasteiger charge is 2.46. The molecule has 1 fully saturated rings. The normalized spacial score (nSPS) is 21.5. The van der Waals surface area contributed by atoms with Crippen molar-refractivity contribution in [2.45, 2.75) is 44.6 Å². The first-order valence-corrected chi connectivity index (χ1v) is 14.2. The third kappa shape index (κ3) is 4.83.